The summed E-state index contributed by atoms with van der Waals surface area (Å²) in [6, 6.07) is 0. The molecule has 2 aliphatic rings. The van der Waals surface area contributed by atoms with Crippen molar-refractivity contribution in [2.45, 2.75) is 45.4 Å². The molecule has 4 nitrogen and oxygen atoms in total. The monoisotopic (exact) mass is 296 g/mol. The Morgan fingerprint density at radius 3 is 2.75 bits per heavy atom. The van der Waals surface area contributed by atoms with Crippen molar-refractivity contribution in [3.63, 3.8) is 0 Å². The highest BCUT2D eigenvalue weighted by atomic mass is 32.2. The molecule has 0 saturated carbocycles. The third-order valence-corrected chi connectivity index (χ3v) is 4.62. The summed E-state index contributed by atoms with van der Waals surface area (Å²) in [5.41, 5.74) is 0. The van der Waals surface area contributed by atoms with Gasteiger partial charge in [-0.3, -0.25) is 4.79 Å². The van der Waals surface area contributed by atoms with Crippen LogP contribution in [0.25, 0.3) is 0 Å². The molecule has 0 N–H and O–H groups in total. The molecular weight excluding hydrogens is 272 g/mol. The van der Waals surface area contributed by atoms with Gasteiger partial charge in [-0.1, -0.05) is 38.7 Å². The topological polar surface area (TPSA) is 41.9 Å². The van der Waals surface area contributed by atoms with Crippen molar-refractivity contribution < 1.29 is 9.53 Å². The van der Waals surface area contributed by atoms with E-state index in [9.17, 15) is 4.79 Å². The Labute approximate surface area is 125 Å². The van der Waals surface area contributed by atoms with Gasteiger partial charge in [0.2, 0.25) is 0 Å². The number of rotatable bonds is 6. The maximum atomic E-state index is 11.9. The van der Waals surface area contributed by atoms with Crippen LogP contribution in [-0.2, 0) is 9.53 Å². The molecule has 0 aliphatic carbocycles. The molecule has 112 valence electrons. The molecule has 0 aromatic carbocycles. The molecule has 2 heterocycles. The van der Waals surface area contributed by atoms with Crippen LogP contribution in [0.3, 0.4) is 0 Å². The molecule has 0 spiro atoms. The second-order valence-electron chi connectivity index (χ2n) is 5.17. The normalized spacial score (nSPS) is 21.6. The highest BCUT2D eigenvalue weighted by Gasteiger charge is 2.26. The number of hydrogen-bond donors (Lipinski definition) is 0. The molecular formula is C15H24N2O2S. The van der Waals surface area contributed by atoms with Gasteiger partial charge in [-0.2, -0.15) is 4.99 Å². The lowest BCUT2D eigenvalue weighted by atomic mass is 10.1. The average molecular weight is 296 g/mol. The zero-order valence-corrected chi connectivity index (χ0v) is 13.1. The molecule has 2 rings (SSSR count). The highest BCUT2D eigenvalue weighted by molar-refractivity contribution is 8.18. The number of amides is 1. The van der Waals surface area contributed by atoms with Crippen LogP contribution in [0, 0.1) is 0 Å². The number of amidine groups is 1. The Hall–Kier alpha value is -0.810. The number of carbonyl (C=O) groups is 1. The van der Waals surface area contributed by atoms with Gasteiger partial charge in [-0.25, -0.2) is 0 Å². The number of morpholine rings is 1. The van der Waals surface area contributed by atoms with Gasteiger partial charge in [0.1, 0.15) is 0 Å². The molecule has 0 aromatic heterocycles. The summed E-state index contributed by atoms with van der Waals surface area (Å²) in [7, 11) is 0. The molecule has 5 heteroatoms. The Balaban J connectivity index is 1.73. The molecule has 1 saturated heterocycles. The maximum Gasteiger partial charge on any atom is 0.285 e. The second kappa shape index (κ2) is 8.47. The minimum Gasteiger partial charge on any atom is -0.378 e. The Morgan fingerprint density at radius 2 is 2.00 bits per heavy atom. The number of allylic oxidation sites excluding steroid dienone is 1. The number of unbranched alkanes of at least 4 members (excludes halogenated alkanes) is 5. The average Bonchev–Trinajstić information content (AvgIpc) is 2.85. The Kier molecular flexibility index (Phi) is 6.60. The number of ether oxygens (including phenoxy) is 1. The van der Waals surface area contributed by atoms with Crippen molar-refractivity contribution >= 4 is 22.8 Å². The van der Waals surface area contributed by atoms with Crippen molar-refractivity contribution in [3.05, 3.63) is 11.0 Å². The van der Waals surface area contributed by atoms with E-state index in [2.05, 4.69) is 22.9 Å². The smallest absolute Gasteiger partial charge is 0.285 e. The SMILES string of the molecule is CCCCCCC/C=C1/SC(N2CCOCC2)=NC1=O. The largest absolute Gasteiger partial charge is 0.378 e. The molecule has 2 aliphatic heterocycles. The van der Waals surface area contributed by atoms with E-state index in [0.29, 0.717) is 0 Å². The van der Waals surface area contributed by atoms with Crippen LogP contribution < -0.4 is 0 Å². The fourth-order valence-corrected chi connectivity index (χ4v) is 3.28. The number of carbonyl (C=O) groups excluding carboxylic acids is 1. The van der Waals surface area contributed by atoms with E-state index < -0.39 is 0 Å². The zero-order valence-electron chi connectivity index (χ0n) is 12.3. The summed E-state index contributed by atoms with van der Waals surface area (Å²) in [4.78, 5) is 19.0. The van der Waals surface area contributed by atoms with Crippen LogP contribution >= 0.6 is 11.8 Å². The summed E-state index contributed by atoms with van der Waals surface area (Å²) >= 11 is 1.53. The third-order valence-electron chi connectivity index (χ3n) is 3.53. The number of aliphatic imine (C=N–C) groups is 1. The molecule has 1 amide bonds. The van der Waals surface area contributed by atoms with E-state index in [1.165, 1.54) is 43.9 Å². The highest BCUT2D eigenvalue weighted by Crippen LogP contribution is 2.29. The predicted octanol–water partition coefficient (Wildman–Crippen LogP) is 3.19. The second-order valence-corrected chi connectivity index (χ2v) is 6.18. The van der Waals surface area contributed by atoms with Crippen LogP contribution in [-0.4, -0.2) is 42.3 Å². The fraction of sp³-hybridized carbons (Fsp3) is 0.733. The van der Waals surface area contributed by atoms with Crippen LogP contribution in [0.4, 0.5) is 0 Å². The zero-order chi connectivity index (χ0) is 14.2. The summed E-state index contributed by atoms with van der Waals surface area (Å²) in [5, 5.41) is 0.857. The van der Waals surface area contributed by atoms with Crippen molar-refractivity contribution in [1.82, 2.24) is 4.90 Å². The first kappa shape index (κ1) is 15.6. The molecule has 1 fully saturated rings. The third kappa shape index (κ3) is 4.63. The maximum absolute atomic E-state index is 11.9. The van der Waals surface area contributed by atoms with Crippen molar-refractivity contribution in [3.8, 4) is 0 Å². The van der Waals surface area contributed by atoms with E-state index in [1.807, 2.05) is 0 Å². The quantitative estimate of drug-likeness (QED) is 0.557. The number of hydrogen-bond acceptors (Lipinski definition) is 4. The van der Waals surface area contributed by atoms with Gasteiger partial charge in [0.15, 0.2) is 5.17 Å². The summed E-state index contributed by atoms with van der Waals surface area (Å²) < 4.78 is 5.32. The molecule has 0 bridgehead atoms. The van der Waals surface area contributed by atoms with Crippen LogP contribution in [0.5, 0.6) is 0 Å². The van der Waals surface area contributed by atoms with Gasteiger partial charge in [-0.15, -0.1) is 0 Å². The van der Waals surface area contributed by atoms with E-state index in [-0.39, 0.29) is 5.91 Å². The number of thioether (sulfide) groups is 1. The van der Waals surface area contributed by atoms with Gasteiger partial charge in [0, 0.05) is 13.1 Å². The molecule has 0 aromatic rings. The molecule has 0 radical (unpaired) electrons. The Morgan fingerprint density at radius 1 is 1.25 bits per heavy atom. The van der Waals surface area contributed by atoms with Gasteiger partial charge in [0.25, 0.3) is 5.91 Å². The summed E-state index contributed by atoms with van der Waals surface area (Å²) in [6.07, 6.45) is 9.37. The standard InChI is InChI=1S/C15H24N2O2S/c1-2-3-4-5-6-7-8-13-14(18)16-15(20-13)17-9-11-19-12-10-17/h8H,2-7,9-12H2,1H3/b13-8+. The lowest BCUT2D eigenvalue weighted by Gasteiger charge is -2.27. The predicted molar refractivity (Wildman–Crippen MR) is 83.9 cm³/mol. The molecule has 20 heavy (non-hydrogen) atoms. The molecule has 0 unspecified atom stereocenters. The molecule has 0 atom stereocenters. The Bertz CT molecular complexity index is 387. The van der Waals surface area contributed by atoms with E-state index >= 15 is 0 Å². The fourth-order valence-electron chi connectivity index (χ4n) is 2.31. The van der Waals surface area contributed by atoms with Gasteiger partial charge in [-0.05, 0) is 24.6 Å². The first-order valence-electron chi connectivity index (χ1n) is 7.65. The van der Waals surface area contributed by atoms with E-state index in [0.717, 1.165) is 42.8 Å². The minimum atomic E-state index is -0.0648. The van der Waals surface area contributed by atoms with Crippen LogP contribution in [0.1, 0.15) is 45.4 Å². The van der Waals surface area contributed by atoms with E-state index in [1.54, 1.807) is 0 Å². The van der Waals surface area contributed by atoms with Crippen LogP contribution in [0.15, 0.2) is 16.0 Å². The van der Waals surface area contributed by atoms with Crippen molar-refractivity contribution in [2.75, 3.05) is 26.3 Å². The van der Waals surface area contributed by atoms with Gasteiger partial charge >= 0.3 is 0 Å². The first-order chi connectivity index (χ1) is 9.81. The minimum absolute atomic E-state index is 0.0648. The van der Waals surface area contributed by atoms with E-state index in [4.69, 9.17) is 4.74 Å². The van der Waals surface area contributed by atoms with Gasteiger partial charge < -0.3 is 9.64 Å². The first-order valence-corrected chi connectivity index (χ1v) is 8.46. The lowest BCUT2D eigenvalue weighted by molar-refractivity contribution is -0.113. The summed E-state index contributed by atoms with van der Waals surface area (Å²) in [6.45, 7) is 5.35. The summed E-state index contributed by atoms with van der Waals surface area (Å²) in [5.74, 6) is -0.0648. The van der Waals surface area contributed by atoms with Crippen molar-refractivity contribution in [2.24, 2.45) is 4.99 Å². The van der Waals surface area contributed by atoms with Crippen LogP contribution in [0.2, 0.25) is 0 Å². The van der Waals surface area contributed by atoms with Gasteiger partial charge in [0.05, 0.1) is 18.1 Å². The van der Waals surface area contributed by atoms with Crippen molar-refractivity contribution in [1.29, 1.82) is 0 Å². The number of nitrogens with zero attached hydrogens (tertiary/aromatic N) is 2. The lowest BCUT2D eigenvalue weighted by Crippen LogP contribution is -2.38.